The fourth-order valence-electron chi connectivity index (χ4n) is 3.39. The van der Waals surface area contributed by atoms with Crippen LogP contribution in [-0.4, -0.2) is 65.0 Å². The van der Waals surface area contributed by atoms with E-state index in [1.165, 1.54) is 17.5 Å². The first-order valence-electron chi connectivity index (χ1n) is 10.5. The molecule has 168 valence electrons. The zero-order valence-electron chi connectivity index (χ0n) is 18.2. The van der Waals surface area contributed by atoms with Crippen molar-refractivity contribution >= 4 is 46.8 Å². The van der Waals surface area contributed by atoms with Crippen LogP contribution in [0.2, 0.25) is 5.02 Å². The third kappa shape index (κ3) is 6.08. The quantitative estimate of drug-likeness (QED) is 0.423. The van der Waals surface area contributed by atoms with Gasteiger partial charge in [-0.1, -0.05) is 23.7 Å². The summed E-state index contributed by atoms with van der Waals surface area (Å²) >= 11 is 7.79. The van der Waals surface area contributed by atoms with Gasteiger partial charge in [-0.3, -0.25) is 9.62 Å². The van der Waals surface area contributed by atoms with Crippen LogP contribution in [0.1, 0.15) is 5.56 Å². The fraction of sp³-hybridized carbons (Fsp3) is 0.318. The van der Waals surface area contributed by atoms with Gasteiger partial charge < -0.3 is 15.5 Å². The Morgan fingerprint density at radius 3 is 2.53 bits per heavy atom. The average molecular weight is 471 g/mol. The maximum atomic E-state index is 6.33. The predicted molar refractivity (Wildman–Crippen MR) is 132 cm³/mol. The molecule has 8 nitrogen and oxygen atoms in total. The fourth-order valence-corrected chi connectivity index (χ4v) is 4.10. The Balaban J connectivity index is 1.41. The van der Waals surface area contributed by atoms with Crippen LogP contribution in [0.25, 0.3) is 0 Å². The lowest BCUT2D eigenvalue weighted by Crippen LogP contribution is -2.43. The van der Waals surface area contributed by atoms with Crippen LogP contribution in [0, 0.1) is 0 Å². The predicted octanol–water partition coefficient (Wildman–Crippen LogP) is 3.99. The Morgan fingerprint density at radius 1 is 1.00 bits per heavy atom. The summed E-state index contributed by atoms with van der Waals surface area (Å²) in [5.74, 6) is 1.63. The number of hydrogen-bond donors (Lipinski definition) is 3. The molecule has 1 aliphatic heterocycles. The van der Waals surface area contributed by atoms with E-state index in [9.17, 15) is 0 Å². The third-order valence-electron chi connectivity index (χ3n) is 5.18. The lowest BCUT2D eigenvalue weighted by Gasteiger charge is -2.32. The second-order valence-corrected chi connectivity index (χ2v) is 9.03. The van der Waals surface area contributed by atoms with Crippen molar-refractivity contribution in [3.63, 3.8) is 0 Å². The molecule has 1 fully saturated rings. The third-order valence-corrected chi connectivity index (χ3v) is 6.21. The molecule has 0 atom stereocenters. The van der Waals surface area contributed by atoms with Crippen molar-refractivity contribution in [2.75, 3.05) is 50.9 Å². The number of nitrogens with one attached hydrogen (secondary N) is 3. The summed E-state index contributed by atoms with van der Waals surface area (Å²) in [6.45, 7) is 5.43. The summed E-state index contributed by atoms with van der Waals surface area (Å²) in [7, 11) is 4.03. The molecule has 1 aromatic carbocycles. The number of anilines is 4. The highest BCUT2D eigenvalue weighted by Gasteiger charge is 2.14. The molecule has 3 aromatic rings. The van der Waals surface area contributed by atoms with Crippen molar-refractivity contribution in [1.29, 1.82) is 0 Å². The first-order valence-corrected chi connectivity index (χ1v) is 11.6. The molecule has 3 N–H and O–H groups in total. The first-order chi connectivity index (χ1) is 15.6. The molecule has 0 bridgehead atoms. The second kappa shape index (κ2) is 10.9. The lowest BCUT2D eigenvalue weighted by atomic mass is 10.2. The Morgan fingerprint density at radius 2 is 1.78 bits per heavy atom. The Bertz CT molecular complexity index is 1020. The van der Waals surface area contributed by atoms with Crippen LogP contribution >= 0.6 is 23.5 Å². The second-order valence-electron chi connectivity index (χ2n) is 7.57. The van der Waals surface area contributed by atoms with E-state index in [2.05, 4.69) is 71.4 Å². The van der Waals surface area contributed by atoms with Crippen molar-refractivity contribution in [2.24, 2.45) is 0 Å². The zero-order valence-corrected chi connectivity index (χ0v) is 19.7. The van der Waals surface area contributed by atoms with Gasteiger partial charge in [0, 0.05) is 44.6 Å². The Labute approximate surface area is 197 Å². The summed E-state index contributed by atoms with van der Waals surface area (Å²) in [6, 6.07) is 12.2. The van der Waals surface area contributed by atoms with E-state index in [1.54, 1.807) is 12.4 Å². The molecule has 0 radical (unpaired) electrons. The van der Waals surface area contributed by atoms with Gasteiger partial charge >= 0.3 is 0 Å². The molecule has 0 amide bonds. The van der Waals surface area contributed by atoms with Crippen LogP contribution in [0.3, 0.4) is 0 Å². The number of aromatic nitrogens is 3. The number of hydrogen-bond acceptors (Lipinski definition) is 9. The summed E-state index contributed by atoms with van der Waals surface area (Å²) < 4.78 is 3.05. The maximum absolute atomic E-state index is 6.33. The van der Waals surface area contributed by atoms with Crippen LogP contribution in [0.15, 0.2) is 53.7 Å². The highest BCUT2D eigenvalue weighted by Crippen LogP contribution is 2.29. The summed E-state index contributed by atoms with van der Waals surface area (Å²) in [5.41, 5.74) is 2.22. The highest BCUT2D eigenvalue weighted by molar-refractivity contribution is 7.97. The van der Waals surface area contributed by atoms with E-state index < -0.39 is 0 Å². The number of nitrogens with zero attached hydrogens (tertiary/aromatic N) is 5. The number of benzene rings is 1. The molecule has 10 heteroatoms. The molecule has 2 aromatic heterocycles. The summed E-state index contributed by atoms with van der Waals surface area (Å²) in [4.78, 5) is 19.0. The number of piperazine rings is 1. The molecule has 3 heterocycles. The van der Waals surface area contributed by atoms with Crippen molar-refractivity contribution in [2.45, 2.75) is 11.4 Å². The molecule has 32 heavy (non-hydrogen) atoms. The van der Waals surface area contributed by atoms with Gasteiger partial charge in [-0.15, -0.1) is 0 Å². The van der Waals surface area contributed by atoms with Crippen molar-refractivity contribution in [3.05, 3.63) is 59.4 Å². The van der Waals surface area contributed by atoms with Gasteiger partial charge in [-0.25, -0.2) is 9.97 Å². The van der Waals surface area contributed by atoms with Crippen LogP contribution in [-0.2, 0) is 6.54 Å². The van der Waals surface area contributed by atoms with Crippen LogP contribution in [0.4, 0.5) is 23.3 Å². The lowest BCUT2D eigenvalue weighted by molar-refractivity contribution is 0.148. The van der Waals surface area contributed by atoms with E-state index >= 15 is 0 Å². The first kappa shape index (κ1) is 22.8. The van der Waals surface area contributed by atoms with E-state index in [4.69, 9.17) is 11.6 Å². The van der Waals surface area contributed by atoms with Gasteiger partial charge in [0.1, 0.15) is 10.8 Å². The maximum Gasteiger partial charge on any atom is 0.229 e. The largest absolute Gasteiger partial charge is 0.324 e. The minimum Gasteiger partial charge on any atom is -0.324 e. The van der Waals surface area contributed by atoms with Crippen LogP contribution < -0.4 is 15.4 Å². The molecule has 4 rings (SSSR count). The molecule has 0 aliphatic carbocycles. The number of halogens is 1. The Hall–Kier alpha value is -2.43. The van der Waals surface area contributed by atoms with Gasteiger partial charge in [0.25, 0.3) is 0 Å². The van der Waals surface area contributed by atoms with E-state index in [1.807, 2.05) is 19.2 Å². The molecular weight excluding hydrogens is 444 g/mol. The van der Waals surface area contributed by atoms with Gasteiger partial charge in [0.05, 0.1) is 11.1 Å². The topological polar surface area (TPSA) is 81.2 Å². The normalized spacial score (nSPS) is 15.0. The minimum absolute atomic E-state index is 0.420. The van der Waals surface area contributed by atoms with Crippen molar-refractivity contribution in [1.82, 2.24) is 29.5 Å². The monoisotopic (exact) mass is 470 g/mol. The van der Waals surface area contributed by atoms with Gasteiger partial charge in [0.2, 0.25) is 5.95 Å². The van der Waals surface area contributed by atoms with E-state index in [-0.39, 0.29) is 0 Å². The van der Waals surface area contributed by atoms with Gasteiger partial charge in [0.15, 0.2) is 5.82 Å². The van der Waals surface area contributed by atoms with Gasteiger partial charge in [-0.05, 0) is 55.9 Å². The highest BCUT2D eigenvalue weighted by atomic mass is 35.5. The zero-order chi connectivity index (χ0) is 22.3. The average Bonchev–Trinajstić information content (AvgIpc) is 2.80. The SMILES string of the molecule is CNSc1cccnc1Nc1nc(Nc2ccc(CN3CCN(C)CC3)cc2)ncc1Cl. The number of likely N-dealkylation sites (N-methyl/N-ethyl adjacent to an activating group) is 1. The number of pyridine rings is 1. The number of rotatable bonds is 8. The summed E-state index contributed by atoms with van der Waals surface area (Å²) in [6.07, 6.45) is 3.30. The minimum atomic E-state index is 0.420. The van der Waals surface area contributed by atoms with Crippen molar-refractivity contribution in [3.8, 4) is 0 Å². The van der Waals surface area contributed by atoms with Gasteiger partial charge in [-0.2, -0.15) is 4.98 Å². The molecule has 1 aliphatic rings. The summed E-state index contributed by atoms with van der Waals surface area (Å²) in [5, 5.41) is 6.88. The standard InChI is InChI=1S/C22H27ClN8S/c1-24-32-19-4-3-9-25-21(19)28-20-18(23)14-26-22(29-20)27-17-7-5-16(6-8-17)15-31-12-10-30(2)11-13-31/h3-9,14,24H,10-13,15H2,1-2H3,(H2,25,26,27,28,29). The smallest absolute Gasteiger partial charge is 0.229 e. The molecule has 0 saturated carbocycles. The van der Waals surface area contributed by atoms with E-state index in [0.29, 0.717) is 22.6 Å². The van der Waals surface area contributed by atoms with Crippen molar-refractivity contribution < 1.29 is 0 Å². The molecule has 0 spiro atoms. The van der Waals surface area contributed by atoms with Crippen LogP contribution in [0.5, 0.6) is 0 Å². The molecule has 0 unspecified atom stereocenters. The van der Waals surface area contributed by atoms with E-state index in [0.717, 1.165) is 43.3 Å². The molecular formula is C22H27ClN8S. The Kier molecular flexibility index (Phi) is 7.77. The molecule has 1 saturated heterocycles.